The lowest BCUT2D eigenvalue weighted by Crippen LogP contribution is -2.32. The van der Waals surface area contributed by atoms with Gasteiger partial charge in [0.2, 0.25) is 5.88 Å². The van der Waals surface area contributed by atoms with Gasteiger partial charge in [-0.15, -0.1) is 5.10 Å². The summed E-state index contributed by atoms with van der Waals surface area (Å²) in [5, 5.41) is 18.7. The summed E-state index contributed by atoms with van der Waals surface area (Å²) in [7, 11) is 0. The minimum atomic E-state index is -0.919. The number of Topliss-reactive ketones (excluding diaryl/α,β-unsaturated/α-hetero) is 1. The van der Waals surface area contributed by atoms with Crippen molar-refractivity contribution in [3.8, 4) is 23.1 Å². The second kappa shape index (κ2) is 8.96. The monoisotopic (exact) mass is 511 g/mol. The third-order valence-corrected chi connectivity index (χ3v) is 6.22. The van der Waals surface area contributed by atoms with Crippen LogP contribution >= 0.6 is 15.9 Å². The van der Waals surface area contributed by atoms with E-state index < -0.39 is 12.0 Å². The molecule has 0 spiro atoms. The summed E-state index contributed by atoms with van der Waals surface area (Å²) >= 11 is 3.49. The average molecular weight is 512 g/mol. The zero-order chi connectivity index (χ0) is 23.7. The van der Waals surface area contributed by atoms with Gasteiger partial charge in [-0.1, -0.05) is 81.8 Å². The summed E-state index contributed by atoms with van der Waals surface area (Å²) in [6.45, 7) is 0. The van der Waals surface area contributed by atoms with Crippen LogP contribution in [0.4, 0.5) is 0 Å². The quantitative estimate of drug-likeness (QED) is 0.377. The van der Waals surface area contributed by atoms with E-state index in [0.29, 0.717) is 22.6 Å². The Labute approximate surface area is 204 Å². The van der Waals surface area contributed by atoms with E-state index in [1.54, 1.807) is 36.5 Å². The zero-order valence-electron chi connectivity index (χ0n) is 17.8. The number of rotatable bonds is 5. The van der Waals surface area contributed by atoms with Gasteiger partial charge in [-0.3, -0.25) is 4.79 Å². The smallest absolute Gasteiger partial charge is 0.205 e. The number of nitrogens with zero attached hydrogens (tertiary/aromatic N) is 4. The van der Waals surface area contributed by atoms with Crippen molar-refractivity contribution in [3.05, 3.63) is 112 Å². The fourth-order valence-corrected chi connectivity index (χ4v) is 4.52. The van der Waals surface area contributed by atoms with Crippen LogP contribution in [0.3, 0.4) is 0 Å². The largest absolute Gasteiger partial charge is 0.440 e. The summed E-state index contributed by atoms with van der Waals surface area (Å²) in [6, 6.07) is 25.1. The second-order valence-electron chi connectivity index (χ2n) is 7.78. The molecule has 1 aliphatic heterocycles. The summed E-state index contributed by atoms with van der Waals surface area (Å²) in [5.41, 5.74) is 8.94. The molecule has 3 aromatic carbocycles. The first-order chi connectivity index (χ1) is 16.6. The third kappa shape index (κ3) is 3.87. The van der Waals surface area contributed by atoms with E-state index in [-0.39, 0.29) is 17.2 Å². The predicted octanol–water partition coefficient (Wildman–Crippen LogP) is 5.00. The number of nitrogens with two attached hydrogens (primary N) is 1. The maximum Gasteiger partial charge on any atom is 0.205 e. The van der Waals surface area contributed by atoms with Crippen LogP contribution in [-0.2, 0) is 0 Å². The number of hydrogen-bond donors (Lipinski definition) is 1. The van der Waals surface area contributed by atoms with Gasteiger partial charge in [0, 0.05) is 21.2 Å². The van der Waals surface area contributed by atoms with Crippen molar-refractivity contribution in [2.24, 2.45) is 5.73 Å². The lowest BCUT2D eigenvalue weighted by molar-refractivity contribution is 0.0901. The molecule has 4 aromatic rings. The zero-order valence-corrected chi connectivity index (χ0v) is 19.4. The van der Waals surface area contributed by atoms with Gasteiger partial charge in [0.1, 0.15) is 23.6 Å². The first-order valence-electron chi connectivity index (χ1n) is 10.5. The van der Waals surface area contributed by atoms with Crippen LogP contribution < -0.4 is 10.5 Å². The number of fused-ring (bicyclic) bond motifs is 1. The SMILES string of the molecule is N#CC1=C(N)Oc2ccc(Br)cc2C1C(C(=O)c1ccccc1)n1cc(-c2ccccc2)nn1. The minimum Gasteiger partial charge on any atom is -0.440 e. The molecule has 2 N–H and O–H groups in total. The number of carbonyl (C=O) groups is 1. The van der Waals surface area contributed by atoms with Crippen LogP contribution in [0.25, 0.3) is 11.3 Å². The minimum absolute atomic E-state index is 0.0309. The Kier molecular flexibility index (Phi) is 5.70. The van der Waals surface area contributed by atoms with Crippen molar-refractivity contribution < 1.29 is 9.53 Å². The number of aromatic nitrogens is 3. The van der Waals surface area contributed by atoms with E-state index in [1.807, 2.05) is 48.5 Å². The van der Waals surface area contributed by atoms with E-state index in [1.165, 1.54) is 4.68 Å². The molecule has 1 aromatic heterocycles. The molecule has 0 amide bonds. The normalized spacial score (nSPS) is 15.7. The van der Waals surface area contributed by atoms with E-state index in [2.05, 4.69) is 32.3 Å². The third-order valence-electron chi connectivity index (χ3n) is 5.73. The number of nitriles is 1. The summed E-state index contributed by atoms with van der Waals surface area (Å²) < 4.78 is 8.03. The Hall–Kier alpha value is -4.22. The number of hydrogen-bond acceptors (Lipinski definition) is 6. The highest BCUT2D eigenvalue weighted by Gasteiger charge is 2.41. The molecule has 7 nitrogen and oxygen atoms in total. The summed E-state index contributed by atoms with van der Waals surface area (Å²) in [6.07, 6.45) is 1.72. The van der Waals surface area contributed by atoms with E-state index >= 15 is 0 Å². The second-order valence-corrected chi connectivity index (χ2v) is 8.69. The number of ether oxygens (including phenoxy) is 1. The molecule has 2 atom stereocenters. The van der Waals surface area contributed by atoms with Crippen molar-refractivity contribution >= 4 is 21.7 Å². The van der Waals surface area contributed by atoms with E-state index in [0.717, 1.165) is 10.0 Å². The molecule has 0 saturated carbocycles. The maximum absolute atomic E-state index is 13.9. The van der Waals surface area contributed by atoms with Gasteiger partial charge in [0.05, 0.1) is 17.7 Å². The summed E-state index contributed by atoms with van der Waals surface area (Å²) in [5.74, 6) is -0.497. The van der Waals surface area contributed by atoms with Gasteiger partial charge in [0.15, 0.2) is 5.78 Å². The Morgan fingerprint density at radius 1 is 1.09 bits per heavy atom. The molecule has 0 bridgehead atoms. The highest BCUT2D eigenvalue weighted by molar-refractivity contribution is 9.10. The molecule has 0 fully saturated rings. The Morgan fingerprint density at radius 3 is 2.50 bits per heavy atom. The van der Waals surface area contributed by atoms with Crippen molar-refractivity contribution in [1.29, 1.82) is 5.26 Å². The Balaban J connectivity index is 1.71. The highest BCUT2D eigenvalue weighted by Crippen LogP contribution is 2.46. The van der Waals surface area contributed by atoms with Crippen molar-refractivity contribution in [3.63, 3.8) is 0 Å². The molecule has 34 heavy (non-hydrogen) atoms. The van der Waals surface area contributed by atoms with Crippen molar-refractivity contribution in [2.75, 3.05) is 0 Å². The topological polar surface area (TPSA) is 107 Å². The fourth-order valence-electron chi connectivity index (χ4n) is 4.14. The molecular formula is C26H18BrN5O2. The molecule has 2 heterocycles. The number of halogens is 1. The lowest BCUT2D eigenvalue weighted by atomic mass is 9.80. The standard InChI is InChI=1S/C26H18BrN5O2/c27-18-11-12-22-19(13-18)23(20(14-28)26(29)34-22)24(25(33)17-9-5-2-6-10-17)32-15-21(30-31-32)16-7-3-1-4-8-16/h1-13,15,23-24H,29H2. The van der Waals surface area contributed by atoms with Crippen molar-refractivity contribution in [1.82, 2.24) is 15.0 Å². The number of carbonyl (C=O) groups excluding carboxylic acids is 1. The number of benzene rings is 3. The molecule has 1 aliphatic rings. The average Bonchev–Trinajstić information content (AvgIpc) is 3.35. The summed E-state index contributed by atoms with van der Waals surface area (Å²) in [4.78, 5) is 13.9. The molecular weight excluding hydrogens is 494 g/mol. The fraction of sp³-hybridized carbons (Fsp3) is 0.0769. The van der Waals surface area contributed by atoms with Crippen LogP contribution in [0, 0.1) is 11.3 Å². The van der Waals surface area contributed by atoms with Crippen LogP contribution in [-0.4, -0.2) is 20.8 Å². The van der Waals surface area contributed by atoms with E-state index in [4.69, 9.17) is 10.5 Å². The first-order valence-corrected chi connectivity index (χ1v) is 11.3. The van der Waals surface area contributed by atoms with Crippen LogP contribution in [0.2, 0.25) is 0 Å². The van der Waals surface area contributed by atoms with Gasteiger partial charge in [-0.05, 0) is 18.2 Å². The van der Waals surface area contributed by atoms with Gasteiger partial charge in [-0.2, -0.15) is 5.26 Å². The maximum atomic E-state index is 13.9. The molecule has 166 valence electrons. The van der Waals surface area contributed by atoms with Crippen LogP contribution in [0.5, 0.6) is 5.75 Å². The van der Waals surface area contributed by atoms with Gasteiger partial charge >= 0.3 is 0 Å². The predicted molar refractivity (Wildman–Crippen MR) is 130 cm³/mol. The first kappa shape index (κ1) is 21.6. The Morgan fingerprint density at radius 2 is 1.79 bits per heavy atom. The van der Waals surface area contributed by atoms with E-state index in [9.17, 15) is 10.1 Å². The van der Waals surface area contributed by atoms with Gasteiger partial charge in [-0.25, -0.2) is 4.68 Å². The highest BCUT2D eigenvalue weighted by atomic mass is 79.9. The Bertz CT molecular complexity index is 1440. The molecule has 0 radical (unpaired) electrons. The van der Waals surface area contributed by atoms with Crippen molar-refractivity contribution in [2.45, 2.75) is 12.0 Å². The molecule has 5 rings (SSSR count). The van der Waals surface area contributed by atoms with Crippen LogP contribution in [0.1, 0.15) is 27.9 Å². The number of ketones is 1. The molecule has 0 aliphatic carbocycles. The van der Waals surface area contributed by atoms with Gasteiger partial charge < -0.3 is 10.5 Å². The molecule has 2 unspecified atom stereocenters. The number of allylic oxidation sites excluding steroid dienone is 1. The molecule has 8 heteroatoms. The van der Waals surface area contributed by atoms with Crippen LogP contribution in [0.15, 0.2) is 101 Å². The molecule has 0 saturated heterocycles. The lowest BCUT2D eigenvalue weighted by Gasteiger charge is -2.31. The van der Waals surface area contributed by atoms with Gasteiger partial charge in [0.25, 0.3) is 0 Å².